The van der Waals surface area contributed by atoms with E-state index in [1.165, 1.54) is 0 Å². The molecule has 0 radical (unpaired) electrons. The predicted octanol–water partition coefficient (Wildman–Crippen LogP) is 4.61. The number of carbonyl (C=O) groups excluding carboxylic acids is 3. The largest absolute Gasteiger partial charge is 0.466 e. The van der Waals surface area contributed by atoms with Crippen molar-refractivity contribution >= 4 is 17.7 Å². The monoisotopic (exact) mass is 356 g/mol. The maximum atomic E-state index is 12.4. The van der Waals surface area contributed by atoms with Crippen LogP contribution < -0.4 is 0 Å². The van der Waals surface area contributed by atoms with Crippen LogP contribution in [0.5, 0.6) is 0 Å². The van der Waals surface area contributed by atoms with E-state index in [1.54, 1.807) is 6.92 Å². The number of hydrogen-bond donors (Lipinski definition) is 0. The molecule has 0 rings (SSSR count). The lowest BCUT2D eigenvalue weighted by atomic mass is 9.93. The average Bonchev–Trinajstić information content (AvgIpc) is 2.49. The number of ketones is 1. The molecule has 0 aliphatic rings. The van der Waals surface area contributed by atoms with Gasteiger partial charge in [-0.25, -0.2) is 0 Å². The number of ether oxygens (including phenoxy) is 2. The van der Waals surface area contributed by atoms with Crippen LogP contribution in [0, 0.1) is 5.92 Å². The minimum atomic E-state index is -0.682. The number of rotatable bonds is 13. The van der Waals surface area contributed by atoms with Gasteiger partial charge in [-0.1, -0.05) is 32.6 Å². The smallest absolute Gasteiger partial charge is 0.316 e. The third-order valence-corrected chi connectivity index (χ3v) is 3.79. The van der Waals surface area contributed by atoms with E-state index < -0.39 is 17.5 Å². The topological polar surface area (TPSA) is 69.7 Å². The average molecular weight is 357 g/mol. The van der Waals surface area contributed by atoms with Gasteiger partial charge in [-0.3, -0.25) is 14.4 Å². The Morgan fingerprint density at radius 2 is 1.52 bits per heavy atom. The summed E-state index contributed by atoms with van der Waals surface area (Å²) in [5.41, 5.74) is -0.594. The highest BCUT2D eigenvalue weighted by Gasteiger charge is 2.30. The van der Waals surface area contributed by atoms with Crippen molar-refractivity contribution in [2.75, 3.05) is 6.61 Å². The Morgan fingerprint density at radius 1 is 0.880 bits per heavy atom. The van der Waals surface area contributed by atoms with E-state index >= 15 is 0 Å². The Morgan fingerprint density at radius 3 is 2.08 bits per heavy atom. The molecule has 0 spiro atoms. The maximum absolute atomic E-state index is 12.4. The molecule has 5 nitrogen and oxygen atoms in total. The van der Waals surface area contributed by atoms with Crippen molar-refractivity contribution in [3.63, 3.8) is 0 Å². The van der Waals surface area contributed by atoms with Gasteiger partial charge in [0.2, 0.25) is 0 Å². The molecule has 0 N–H and O–H groups in total. The number of esters is 2. The Bertz CT molecular complexity index is 409. The molecular formula is C20H36O5. The van der Waals surface area contributed by atoms with Gasteiger partial charge in [0.15, 0.2) is 0 Å². The van der Waals surface area contributed by atoms with E-state index in [0.717, 1.165) is 32.1 Å². The number of carbonyl (C=O) groups is 3. The van der Waals surface area contributed by atoms with E-state index in [9.17, 15) is 14.4 Å². The van der Waals surface area contributed by atoms with Gasteiger partial charge in [0.05, 0.1) is 6.61 Å². The van der Waals surface area contributed by atoms with Gasteiger partial charge in [0, 0.05) is 12.8 Å². The molecule has 0 fully saturated rings. The summed E-state index contributed by atoms with van der Waals surface area (Å²) < 4.78 is 10.3. The van der Waals surface area contributed by atoms with E-state index in [4.69, 9.17) is 9.47 Å². The summed E-state index contributed by atoms with van der Waals surface area (Å²) in [5, 5.41) is 0. The molecule has 1 unspecified atom stereocenters. The normalized spacial score (nSPS) is 12.5. The second kappa shape index (κ2) is 12.9. The molecule has 0 saturated carbocycles. The SMILES string of the molecule is CCCCCC(=O)C(CCCCCC(=O)OCC)C(=O)OC(C)(C)C. The minimum Gasteiger partial charge on any atom is -0.466 e. The third kappa shape index (κ3) is 12.6. The zero-order valence-corrected chi connectivity index (χ0v) is 16.7. The van der Waals surface area contributed by atoms with Crippen molar-refractivity contribution in [1.29, 1.82) is 0 Å². The van der Waals surface area contributed by atoms with Gasteiger partial charge in [0.25, 0.3) is 0 Å². The molecule has 0 heterocycles. The van der Waals surface area contributed by atoms with E-state index in [-0.39, 0.29) is 11.8 Å². The van der Waals surface area contributed by atoms with Crippen molar-refractivity contribution < 1.29 is 23.9 Å². The quantitative estimate of drug-likeness (QED) is 0.274. The Hall–Kier alpha value is -1.39. The van der Waals surface area contributed by atoms with Gasteiger partial charge in [-0.2, -0.15) is 0 Å². The highest BCUT2D eigenvalue weighted by molar-refractivity contribution is 5.99. The molecule has 0 aliphatic carbocycles. The third-order valence-electron chi connectivity index (χ3n) is 3.79. The second-order valence-electron chi connectivity index (χ2n) is 7.41. The summed E-state index contributed by atoms with van der Waals surface area (Å²) in [5.74, 6) is -1.31. The maximum Gasteiger partial charge on any atom is 0.316 e. The van der Waals surface area contributed by atoms with Crippen LogP contribution in [0.25, 0.3) is 0 Å². The van der Waals surface area contributed by atoms with Crippen molar-refractivity contribution in [3.8, 4) is 0 Å². The molecule has 0 aromatic carbocycles. The molecule has 5 heteroatoms. The van der Waals surface area contributed by atoms with Crippen molar-refractivity contribution in [2.45, 2.75) is 98.0 Å². The molecule has 0 aromatic heterocycles. The minimum absolute atomic E-state index is 0.0203. The first-order chi connectivity index (χ1) is 11.7. The van der Waals surface area contributed by atoms with Crippen molar-refractivity contribution in [1.82, 2.24) is 0 Å². The van der Waals surface area contributed by atoms with Crippen molar-refractivity contribution in [2.24, 2.45) is 5.92 Å². The number of hydrogen-bond acceptors (Lipinski definition) is 5. The lowest BCUT2D eigenvalue weighted by Gasteiger charge is -2.23. The fraction of sp³-hybridized carbons (Fsp3) is 0.850. The van der Waals surface area contributed by atoms with Crippen LogP contribution in [0.3, 0.4) is 0 Å². The summed E-state index contributed by atoms with van der Waals surface area (Å²) in [4.78, 5) is 36.1. The number of Topliss-reactive ketones (excluding diaryl/α,β-unsaturated/α-hetero) is 1. The summed E-state index contributed by atoms with van der Waals surface area (Å²) in [7, 11) is 0. The van der Waals surface area contributed by atoms with Gasteiger partial charge in [-0.15, -0.1) is 0 Å². The molecule has 1 atom stereocenters. The zero-order chi connectivity index (χ0) is 19.3. The Labute approximate surface area is 152 Å². The molecule has 25 heavy (non-hydrogen) atoms. The highest BCUT2D eigenvalue weighted by Crippen LogP contribution is 2.20. The first-order valence-electron chi connectivity index (χ1n) is 9.62. The van der Waals surface area contributed by atoms with E-state index in [1.807, 2.05) is 20.8 Å². The summed E-state index contributed by atoms with van der Waals surface area (Å²) in [6.07, 6.45) is 6.38. The summed E-state index contributed by atoms with van der Waals surface area (Å²) in [6, 6.07) is 0. The van der Waals surface area contributed by atoms with E-state index in [0.29, 0.717) is 32.3 Å². The highest BCUT2D eigenvalue weighted by atomic mass is 16.6. The lowest BCUT2D eigenvalue weighted by Crippen LogP contribution is -2.32. The van der Waals surface area contributed by atoms with Gasteiger partial charge >= 0.3 is 11.9 Å². The fourth-order valence-electron chi connectivity index (χ4n) is 2.53. The van der Waals surface area contributed by atoms with Gasteiger partial charge < -0.3 is 9.47 Å². The van der Waals surface area contributed by atoms with Crippen LogP contribution in [0.2, 0.25) is 0 Å². The first-order valence-corrected chi connectivity index (χ1v) is 9.62. The van der Waals surface area contributed by atoms with Crippen LogP contribution in [-0.2, 0) is 23.9 Å². The Kier molecular flexibility index (Phi) is 12.2. The molecule has 0 bridgehead atoms. The van der Waals surface area contributed by atoms with Gasteiger partial charge in [0.1, 0.15) is 17.3 Å². The standard InChI is InChI=1S/C20H36O5/c1-6-8-10-14-17(21)16(19(23)25-20(3,4)5)13-11-9-12-15-18(22)24-7-2/h16H,6-15H2,1-5H3. The van der Waals surface area contributed by atoms with Crippen LogP contribution in [0.15, 0.2) is 0 Å². The van der Waals surface area contributed by atoms with Crippen LogP contribution in [0.1, 0.15) is 92.4 Å². The first kappa shape index (κ1) is 23.6. The number of unbranched alkanes of at least 4 members (excludes halogenated alkanes) is 4. The van der Waals surface area contributed by atoms with Crippen LogP contribution >= 0.6 is 0 Å². The van der Waals surface area contributed by atoms with Crippen LogP contribution in [0.4, 0.5) is 0 Å². The van der Waals surface area contributed by atoms with Crippen LogP contribution in [-0.4, -0.2) is 29.9 Å². The summed E-state index contributed by atoms with van der Waals surface area (Å²) >= 11 is 0. The molecule has 0 saturated heterocycles. The Balaban J connectivity index is 4.45. The van der Waals surface area contributed by atoms with Crippen molar-refractivity contribution in [3.05, 3.63) is 0 Å². The second-order valence-corrected chi connectivity index (χ2v) is 7.41. The molecule has 146 valence electrons. The zero-order valence-electron chi connectivity index (χ0n) is 16.7. The van der Waals surface area contributed by atoms with E-state index in [2.05, 4.69) is 6.92 Å². The molecule has 0 aliphatic heterocycles. The molecular weight excluding hydrogens is 320 g/mol. The van der Waals surface area contributed by atoms with Gasteiger partial charge in [-0.05, 0) is 47.0 Å². The fourth-order valence-corrected chi connectivity index (χ4v) is 2.53. The predicted molar refractivity (Wildman–Crippen MR) is 98.2 cm³/mol. The summed E-state index contributed by atoms with van der Waals surface area (Å²) in [6.45, 7) is 9.69. The molecule has 0 aromatic rings. The lowest BCUT2D eigenvalue weighted by molar-refractivity contribution is -0.162. The molecule has 0 amide bonds.